The Bertz CT molecular complexity index is 419. The Kier molecular flexibility index (Phi) is 4.63. The zero-order valence-electron chi connectivity index (χ0n) is 10.9. The van der Waals surface area contributed by atoms with E-state index >= 15 is 0 Å². The smallest absolute Gasteiger partial charge is 0.319 e. The van der Waals surface area contributed by atoms with Crippen LogP contribution < -0.4 is 0 Å². The summed E-state index contributed by atoms with van der Waals surface area (Å²) in [4.78, 5) is 11.6. The van der Waals surface area contributed by atoms with Crippen LogP contribution in [0.3, 0.4) is 0 Å². The summed E-state index contributed by atoms with van der Waals surface area (Å²) in [6.07, 6.45) is 4.56. The highest BCUT2D eigenvalue weighted by Gasteiger charge is 2.21. The second-order valence-corrected chi connectivity index (χ2v) is 5.68. The van der Waals surface area contributed by atoms with Gasteiger partial charge >= 0.3 is 5.97 Å². The first-order chi connectivity index (χ1) is 8.72. The molecule has 0 aromatic carbocycles. The van der Waals surface area contributed by atoms with Crippen molar-refractivity contribution >= 4 is 17.7 Å². The molecule has 0 N–H and O–H groups in total. The van der Waals surface area contributed by atoms with Crippen molar-refractivity contribution in [3.8, 4) is 0 Å². The monoisotopic (exact) mass is 269 g/mol. The number of aryl methyl sites for hydroxylation is 1. The number of esters is 1. The standard InChI is InChI=1S/C12H19N3O2S/c1-3-17-11(16)9(2)18-12-14-13-10-7-5-4-6-8-15(10)12/h9H,3-8H2,1-2H3. The fourth-order valence-corrected chi connectivity index (χ4v) is 2.90. The largest absolute Gasteiger partial charge is 0.465 e. The zero-order valence-corrected chi connectivity index (χ0v) is 11.7. The van der Waals surface area contributed by atoms with Gasteiger partial charge in [0.25, 0.3) is 0 Å². The summed E-state index contributed by atoms with van der Waals surface area (Å²) in [5, 5.41) is 9.01. The Hall–Kier alpha value is -1.04. The predicted octanol–water partition coefficient (Wildman–Crippen LogP) is 2.05. The summed E-state index contributed by atoms with van der Waals surface area (Å²) in [7, 11) is 0. The highest BCUT2D eigenvalue weighted by atomic mass is 32.2. The van der Waals surface area contributed by atoms with E-state index in [4.69, 9.17) is 4.74 Å². The Morgan fingerprint density at radius 2 is 2.28 bits per heavy atom. The fraction of sp³-hybridized carbons (Fsp3) is 0.750. The van der Waals surface area contributed by atoms with Crippen molar-refractivity contribution in [3.05, 3.63) is 5.82 Å². The lowest BCUT2D eigenvalue weighted by Crippen LogP contribution is -2.17. The maximum Gasteiger partial charge on any atom is 0.319 e. The number of carbonyl (C=O) groups excluding carboxylic acids is 1. The molecule has 1 unspecified atom stereocenters. The molecule has 1 aromatic heterocycles. The third-order valence-electron chi connectivity index (χ3n) is 2.98. The molecule has 5 nitrogen and oxygen atoms in total. The van der Waals surface area contributed by atoms with Gasteiger partial charge in [0, 0.05) is 13.0 Å². The van der Waals surface area contributed by atoms with Gasteiger partial charge in [0.1, 0.15) is 11.1 Å². The van der Waals surface area contributed by atoms with Gasteiger partial charge in [-0.2, -0.15) is 0 Å². The van der Waals surface area contributed by atoms with Crippen LogP contribution in [-0.4, -0.2) is 32.6 Å². The van der Waals surface area contributed by atoms with Crippen LogP contribution in [0.15, 0.2) is 5.16 Å². The van der Waals surface area contributed by atoms with Gasteiger partial charge in [-0.05, 0) is 26.7 Å². The molecular formula is C12H19N3O2S. The Balaban J connectivity index is 2.05. The van der Waals surface area contributed by atoms with Crippen molar-refractivity contribution in [2.45, 2.75) is 56.5 Å². The third-order valence-corrected chi connectivity index (χ3v) is 4.04. The number of hydrogen-bond acceptors (Lipinski definition) is 5. The van der Waals surface area contributed by atoms with E-state index in [0.717, 1.165) is 30.4 Å². The van der Waals surface area contributed by atoms with Gasteiger partial charge in [-0.1, -0.05) is 18.2 Å². The highest BCUT2D eigenvalue weighted by Crippen LogP contribution is 2.25. The van der Waals surface area contributed by atoms with Crippen molar-refractivity contribution in [3.63, 3.8) is 0 Å². The maximum absolute atomic E-state index is 11.6. The molecule has 0 aliphatic carbocycles. The average molecular weight is 269 g/mol. The molecule has 2 heterocycles. The molecule has 1 atom stereocenters. The van der Waals surface area contributed by atoms with Gasteiger partial charge in [-0.25, -0.2) is 0 Å². The van der Waals surface area contributed by atoms with Crippen LogP contribution >= 0.6 is 11.8 Å². The molecule has 1 aliphatic heterocycles. The van der Waals surface area contributed by atoms with E-state index in [2.05, 4.69) is 14.8 Å². The number of hydrogen-bond donors (Lipinski definition) is 0. The lowest BCUT2D eigenvalue weighted by atomic mass is 10.2. The first kappa shape index (κ1) is 13.4. The number of fused-ring (bicyclic) bond motifs is 1. The molecule has 0 bridgehead atoms. The Morgan fingerprint density at radius 3 is 3.06 bits per heavy atom. The van der Waals surface area contributed by atoms with Gasteiger partial charge in [-0.3, -0.25) is 4.79 Å². The summed E-state index contributed by atoms with van der Waals surface area (Å²) in [6.45, 7) is 5.04. The van der Waals surface area contributed by atoms with E-state index in [9.17, 15) is 4.79 Å². The number of carbonyl (C=O) groups is 1. The van der Waals surface area contributed by atoms with Crippen LogP contribution in [-0.2, 0) is 22.5 Å². The van der Waals surface area contributed by atoms with Crippen molar-refractivity contribution < 1.29 is 9.53 Å². The third kappa shape index (κ3) is 3.04. The first-order valence-electron chi connectivity index (χ1n) is 6.47. The minimum atomic E-state index is -0.235. The molecule has 0 radical (unpaired) electrons. The maximum atomic E-state index is 11.6. The molecule has 0 amide bonds. The van der Waals surface area contributed by atoms with Crippen LogP contribution in [0, 0.1) is 0 Å². The lowest BCUT2D eigenvalue weighted by molar-refractivity contribution is -0.142. The van der Waals surface area contributed by atoms with Crippen LogP contribution in [0.1, 0.15) is 38.9 Å². The second-order valence-electron chi connectivity index (χ2n) is 4.37. The van der Waals surface area contributed by atoms with E-state index in [1.54, 1.807) is 0 Å². The summed E-state index contributed by atoms with van der Waals surface area (Å²) < 4.78 is 7.15. The quantitative estimate of drug-likeness (QED) is 0.618. The molecule has 2 rings (SSSR count). The number of rotatable bonds is 4. The van der Waals surface area contributed by atoms with E-state index in [1.807, 2.05) is 13.8 Å². The molecule has 0 spiro atoms. The topological polar surface area (TPSA) is 57.0 Å². The molecule has 0 saturated heterocycles. The van der Waals surface area contributed by atoms with Crippen LogP contribution in [0.2, 0.25) is 0 Å². The van der Waals surface area contributed by atoms with Crippen LogP contribution in [0.5, 0.6) is 0 Å². The normalized spacial score (nSPS) is 16.8. The molecule has 100 valence electrons. The summed E-state index contributed by atoms with van der Waals surface area (Å²) in [5.41, 5.74) is 0. The van der Waals surface area contributed by atoms with Crippen molar-refractivity contribution in [2.75, 3.05) is 6.61 Å². The average Bonchev–Trinajstić information content (AvgIpc) is 2.60. The number of ether oxygens (including phenoxy) is 1. The van der Waals surface area contributed by atoms with Crippen molar-refractivity contribution in [1.82, 2.24) is 14.8 Å². The summed E-state index contributed by atoms with van der Waals surface area (Å²) >= 11 is 1.44. The van der Waals surface area contributed by atoms with E-state index < -0.39 is 0 Å². The number of thioether (sulfide) groups is 1. The second kappa shape index (κ2) is 6.22. The predicted molar refractivity (Wildman–Crippen MR) is 69.5 cm³/mol. The number of nitrogens with zero attached hydrogens (tertiary/aromatic N) is 3. The first-order valence-corrected chi connectivity index (χ1v) is 7.35. The molecule has 0 saturated carbocycles. The zero-order chi connectivity index (χ0) is 13.0. The molecule has 1 aliphatic rings. The van der Waals surface area contributed by atoms with Gasteiger partial charge in [0.2, 0.25) is 0 Å². The molecular weight excluding hydrogens is 250 g/mol. The van der Waals surface area contributed by atoms with E-state index in [1.165, 1.54) is 24.6 Å². The lowest BCUT2D eigenvalue weighted by Gasteiger charge is -2.11. The van der Waals surface area contributed by atoms with Crippen LogP contribution in [0.25, 0.3) is 0 Å². The highest BCUT2D eigenvalue weighted by molar-refractivity contribution is 8.00. The van der Waals surface area contributed by atoms with Gasteiger partial charge < -0.3 is 9.30 Å². The Morgan fingerprint density at radius 1 is 1.44 bits per heavy atom. The Labute approximate surface area is 111 Å². The van der Waals surface area contributed by atoms with E-state index in [0.29, 0.717) is 6.61 Å². The fourth-order valence-electron chi connectivity index (χ4n) is 2.01. The van der Waals surface area contributed by atoms with Crippen LogP contribution in [0.4, 0.5) is 0 Å². The number of aromatic nitrogens is 3. The minimum Gasteiger partial charge on any atom is -0.465 e. The van der Waals surface area contributed by atoms with Gasteiger partial charge in [0.05, 0.1) is 6.61 Å². The molecule has 6 heteroatoms. The molecule has 0 fully saturated rings. The summed E-state index contributed by atoms with van der Waals surface area (Å²) in [5.74, 6) is 0.861. The van der Waals surface area contributed by atoms with E-state index in [-0.39, 0.29) is 11.2 Å². The SMILES string of the molecule is CCOC(=O)C(C)Sc1nnc2n1CCCCC2. The van der Waals surface area contributed by atoms with Gasteiger partial charge in [-0.15, -0.1) is 10.2 Å². The van der Waals surface area contributed by atoms with Crippen molar-refractivity contribution in [1.29, 1.82) is 0 Å². The summed E-state index contributed by atoms with van der Waals surface area (Å²) in [6, 6.07) is 0. The molecule has 18 heavy (non-hydrogen) atoms. The van der Waals surface area contributed by atoms with Crippen molar-refractivity contribution in [2.24, 2.45) is 0 Å². The van der Waals surface area contributed by atoms with Gasteiger partial charge in [0.15, 0.2) is 5.16 Å². The molecule has 1 aromatic rings. The minimum absolute atomic E-state index is 0.187.